The Kier molecular flexibility index (Phi) is 8.68. The van der Waals surface area contributed by atoms with Crippen LogP contribution in [0.3, 0.4) is 0 Å². The van der Waals surface area contributed by atoms with Gasteiger partial charge in [0.2, 0.25) is 0 Å². The van der Waals surface area contributed by atoms with Crippen molar-refractivity contribution < 1.29 is 19.1 Å². The Hall–Kier alpha value is -1.10. The zero-order chi connectivity index (χ0) is 17.4. The molecule has 5 heteroatoms. The smallest absolute Gasteiger partial charge is 0.311 e. The lowest BCUT2D eigenvalue weighted by Crippen LogP contribution is -2.35. The lowest BCUT2D eigenvalue weighted by Gasteiger charge is -2.24. The van der Waals surface area contributed by atoms with Gasteiger partial charge >= 0.3 is 11.9 Å². The molecule has 0 unspecified atom stereocenters. The normalized spacial score (nSPS) is 12.4. The highest BCUT2D eigenvalue weighted by molar-refractivity contribution is 5.75. The summed E-state index contributed by atoms with van der Waals surface area (Å²) in [5, 5.41) is 0. The van der Waals surface area contributed by atoms with Crippen LogP contribution < -0.4 is 0 Å². The van der Waals surface area contributed by atoms with E-state index in [1.807, 2.05) is 41.5 Å². The van der Waals surface area contributed by atoms with E-state index >= 15 is 0 Å². The third-order valence-corrected chi connectivity index (χ3v) is 3.05. The summed E-state index contributed by atoms with van der Waals surface area (Å²) in [4.78, 5) is 25.6. The van der Waals surface area contributed by atoms with Crippen molar-refractivity contribution >= 4 is 11.9 Å². The Labute approximate surface area is 135 Å². The molecule has 0 fully saturated rings. The van der Waals surface area contributed by atoms with Crippen molar-refractivity contribution in [3.63, 3.8) is 0 Å². The molecule has 0 amide bonds. The molecule has 0 rings (SSSR count). The average Bonchev–Trinajstić information content (AvgIpc) is 2.36. The summed E-state index contributed by atoms with van der Waals surface area (Å²) in [6.07, 6.45) is 1.00. The first kappa shape index (κ1) is 20.9. The van der Waals surface area contributed by atoms with Crippen LogP contribution in [-0.4, -0.2) is 49.7 Å². The van der Waals surface area contributed by atoms with Crippen LogP contribution in [0.1, 0.15) is 54.9 Å². The number of rotatable bonds is 8. The molecular formula is C17H33NO4. The van der Waals surface area contributed by atoms with Crippen LogP contribution in [0, 0.1) is 10.8 Å². The topological polar surface area (TPSA) is 55.8 Å². The van der Waals surface area contributed by atoms with E-state index in [0.29, 0.717) is 26.3 Å². The fraction of sp³-hybridized carbons (Fsp3) is 0.882. The second-order valence-electron chi connectivity index (χ2n) is 7.61. The minimum Gasteiger partial charge on any atom is -0.464 e. The fourth-order valence-electron chi connectivity index (χ4n) is 1.62. The largest absolute Gasteiger partial charge is 0.464 e. The molecule has 0 saturated heterocycles. The predicted octanol–water partition coefficient (Wildman–Crippen LogP) is 2.88. The molecule has 0 aromatic heterocycles. The number of carbonyl (C=O) groups is 2. The van der Waals surface area contributed by atoms with E-state index in [1.54, 1.807) is 0 Å². The van der Waals surface area contributed by atoms with Gasteiger partial charge < -0.3 is 9.47 Å². The average molecular weight is 315 g/mol. The van der Waals surface area contributed by atoms with Crippen molar-refractivity contribution in [2.24, 2.45) is 10.8 Å². The van der Waals surface area contributed by atoms with Gasteiger partial charge in [-0.3, -0.25) is 14.5 Å². The molecule has 0 saturated carbocycles. The number of carbonyl (C=O) groups excluding carboxylic acids is 2. The molecule has 0 N–H and O–H groups in total. The molecule has 0 atom stereocenters. The lowest BCUT2D eigenvalue weighted by molar-refractivity contribution is -0.153. The fourth-order valence-corrected chi connectivity index (χ4v) is 1.62. The highest BCUT2D eigenvalue weighted by Crippen LogP contribution is 2.15. The van der Waals surface area contributed by atoms with Crippen molar-refractivity contribution in [2.75, 3.05) is 32.8 Å². The Morgan fingerprint density at radius 2 is 1.14 bits per heavy atom. The number of esters is 2. The highest BCUT2D eigenvalue weighted by atomic mass is 16.5. The third-order valence-electron chi connectivity index (χ3n) is 3.05. The van der Waals surface area contributed by atoms with Gasteiger partial charge in [-0.15, -0.1) is 0 Å². The molecule has 0 heterocycles. The van der Waals surface area contributed by atoms with Crippen LogP contribution >= 0.6 is 0 Å². The molecule has 0 spiro atoms. The van der Waals surface area contributed by atoms with Gasteiger partial charge in [-0.25, -0.2) is 0 Å². The molecule has 0 aliphatic carbocycles. The Morgan fingerprint density at radius 1 is 0.773 bits per heavy atom. The molecule has 0 aliphatic rings. The number of ether oxygens (including phenoxy) is 2. The van der Waals surface area contributed by atoms with Crippen LogP contribution in [0.25, 0.3) is 0 Å². The number of hydrogen-bond acceptors (Lipinski definition) is 5. The minimum atomic E-state index is -0.474. The Morgan fingerprint density at radius 3 is 1.41 bits per heavy atom. The van der Waals surface area contributed by atoms with Gasteiger partial charge in [0.05, 0.1) is 10.8 Å². The van der Waals surface area contributed by atoms with E-state index in [9.17, 15) is 9.59 Å². The maximum Gasteiger partial charge on any atom is 0.311 e. The van der Waals surface area contributed by atoms with Gasteiger partial charge in [0.15, 0.2) is 0 Å². The zero-order valence-corrected chi connectivity index (χ0v) is 15.3. The summed E-state index contributed by atoms with van der Waals surface area (Å²) in [5.41, 5.74) is -0.949. The quantitative estimate of drug-likeness (QED) is 0.645. The summed E-state index contributed by atoms with van der Waals surface area (Å²) < 4.78 is 10.6. The first-order valence-electron chi connectivity index (χ1n) is 8.05. The number of nitrogens with zero attached hydrogens (tertiary/aromatic N) is 1. The van der Waals surface area contributed by atoms with Crippen molar-refractivity contribution in [2.45, 2.75) is 54.9 Å². The monoisotopic (exact) mass is 315 g/mol. The highest BCUT2D eigenvalue weighted by Gasteiger charge is 2.24. The van der Waals surface area contributed by atoms with Gasteiger partial charge in [0.1, 0.15) is 13.2 Å². The zero-order valence-electron chi connectivity index (χ0n) is 15.3. The minimum absolute atomic E-state index is 0.192. The van der Waals surface area contributed by atoms with Gasteiger partial charge in [-0.05, 0) is 54.5 Å². The van der Waals surface area contributed by atoms with Crippen LogP contribution in [0.4, 0.5) is 0 Å². The van der Waals surface area contributed by atoms with E-state index in [2.05, 4.69) is 11.8 Å². The van der Waals surface area contributed by atoms with Gasteiger partial charge in [-0.2, -0.15) is 0 Å². The Bertz CT molecular complexity index is 321. The van der Waals surface area contributed by atoms with Crippen LogP contribution in [0.2, 0.25) is 0 Å². The first-order valence-corrected chi connectivity index (χ1v) is 8.05. The molecule has 0 aromatic carbocycles. The van der Waals surface area contributed by atoms with E-state index in [0.717, 1.165) is 13.0 Å². The summed E-state index contributed by atoms with van der Waals surface area (Å²) in [7, 11) is 0. The molecule has 130 valence electrons. The molecule has 0 radical (unpaired) electrons. The van der Waals surface area contributed by atoms with Crippen molar-refractivity contribution in [1.82, 2.24) is 4.90 Å². The van der Waals surface area contributed by atoms with E-state index in [4.69, 9.17) is 9.47 Å². The van der Waals surface area contributed by atoms with Crippen LogP contribution in [0.15, 0.2) is 0 Å². The predicted molar refractivity (Wildman–Crippen MR) is 87.6 cm³/mol. The molecular weight excluding hydrogens is 282 g/mol. The standard InChI is InChI=1S/C17H33NO4/c1-8-9-18(10-12-21-14(19)16(2,3)4)11-13-22-15(20)17(5,6)7/h8-13H2,1-7H3. The number of hydrogen-bond donors (Lipinski definition) is 0. The van der Waals surface area contributed by atoms with Crippen molar-refractivity contribution in [3.05, 3.63) is 0 Å². The lowest BCUT2D eigenvalue weighted by atomic mass is 9.97. The second-order valence-corrected chi connectivity index (χ2v) is 7.61. The summed E-state index contributed by atoms with van der Waals surface area (Å²) in [5.74, 6) is -0.383. The second kappa shape index (κ2) is 9.13. The van der Waals surface area contributed by atoms with Crippen LogP contribution in [-0.2, 0) is 19.1 Å². The van der Waals surface area contributed by atoms with Crippen molar-refractivity contribution in [1.29, 1.82) is 0 Å². The van der Waals surface area contributed by atoms with E-state index in [-0.39, 0.29) is 11.9 Å². The van der Waals surface area contributed by atoms with Gasteiger partial charge in [0, 0.05) is 13.1 Å². The molecule has 0 aliphatic heterocycles. The van der Waals surface area contributed by atoms with E-state index in [1.165, 1.54) is 0 Å². The SMILES string of the molecule is CCCN(CCOC(=O)C(C)(C)C)CCOC(=O)C(C)(C)C. The molecule has 0 bridgehead atoms. The van der Waals surface area contributed by atoms with E-state index < -0.39 is 10.8 Å². The van der Waals surface area contributed by atoms with Gasteiger partial charge in [0.25, 0.3) is 0 Å². The summed E-state index contributed by atoms with van der Waals surface area (Å²) in [6.45, 7) is 16.1. The van der Waals surface area contributed by atoms with Crippen LogP contribution in [0.5, 0.6) is 0 Å². The third kappa shape index (κ3) is 9.03. The molecule has 0 aromatic rings. The van der Waals surface area contributed by atoms with Crippen molar-refractivity contribution in [3.8, 4) is 0 Å². The summed E-state index contributed by atoms with van der Waals surface area (Å²) >= 11 is 0. The van der Waals surface area contributed by atoms with Gasteiger partial charge in [-0.1, -0.05) is 6.92 Å². The maximum atomic E-state index is 11.7. The Balaban J connectivity index is 4.12. The molecule has 22 heavy (non-hydrogen) atoms. The maximum absolute atomic E-state index is 11.7. The molecule has 5 nitrogen and oxygen atoms in total. The first-order chi connectivity index (χ1) is 9.98. The summed E-state index contributed by atoms with van der Waals surface area (Å²) in [6, 6.07) is 0.